The molecule has 0 amide bonds. The summed E-state index contributed by atoms with van der Waals surface area (Å²) in [6.45, 7) is 4.30. The van der Waals surface area contributed by atoms with Crippen LogP contribution in [0.5, 0.6) is 11.5 Å². The number of aryl methyl sites for hydroxylation is 2. The molecule has 2 nitrogen and oxygen atoms in total. The summed E-state index contributed by atoms with van der Waals surface area (Å²) >= 11 is 0. The van der Waals surface area contributed by atoms with Crippen molar-refractivity contribution in [3.8, 4) is 11.5 Å². The zero-order chi connectivity index (χ0) is 16.5. The molecule has 1 aliphatic rings. The van der Waals surface area contributed by atoms with Crippen molar-refractivity contribution in [3.05, 3.63) is 82.9 Å². The Bertz CT molecular complexity index is 881. The molecule has 1 N–H and O–H groups in total. The van der Waals surface area contributed by atoms with E-state index in [0.717, 1.165) is 30.0 Å². The summed E-state index contributed by atoms with van der Waals surface area (Å²) in [5.41, 5.74) is 7.37. The highest BCUT2D eigenvalue weighted by Crippen LogP contribution is 2.42. The molecule has 0 saturated carbocycles. The fourth-order valence-corrected chi connectivity index (χ4v) is 3.24. The minimum Gasteiger partial charge on any atom is -0.457 e. The number of nitrogens with one attached hydrogen (secondary N) is 1. The number of hydrogen-bond acceptors (Lipinski definition) is 2. The van der Waals surface area contributed by atoms with Crippen molar-refractivity contribution in [3.63, 3.8) is 0 Å². The first-order valence-electron chi connectivity index (χ1n) is 8.49. The minimum absolute atomic E-state index is 0.896. The molecule has 24 heavy (non-hydrogen) atoms. The van der Waals surface area contributed by atoms with Crippen molar-refractivity contribution in [1.82, 2.24) is 0 Å². The maximum atomic E-state index is 6.13. The van der Waals surface area contributed by atoms with Crippen LogP contribution in [0.15, 0.2) is 60.7 Å². The van der Waals surface area contributed by atoms with Crippen LogP contribution < -0.4 is 10.1 Å². The Labute approximate surface area is 143 Å². The van der Waals surface area contributed by atoms with Crippen molar-refractivity contribution in [2.75, 3.05) is 5.32 Å². The number of para-hydroxylation sites is 1. The lowest BCUT2D eigenvalue weighted by atomic mass is 9.95. The van der Waals surface area contributed by atoms with Gasteiger partial charge in [-0.2, -0.15) is 0 Å². The average Bonchev–Trinajstić information content (AvgIpc) is 2.62. The quantitative estimate of drug-likeness (QED) is 0.501. The van der Waals surface area contributed by atoms with Crippen LogP contribution in [0.25, 0.3) is 0 Å². The van der Waals surface area contributed by atoms with Crippen LogP contribution >= 0.6 is 0 Å². The van der Waals surface area contributed by atoms with Gasteiger partial charge in [-0.25, -0.2) is 0 Å². The van der Waals surface area contributed by atoms with Crippen LogP contribution in [0, 0.1) is 6.92 Å². The molecule has 2 heteroatoms. The second-order valence-electron chi connectivity index (χ2n) is 6.31. The number of fused-ring (bicyclic) bond motifs is 2. The summed E-state index contributed by atoms with van der Waals surface area (Å²) < 4.78 is 6.13. The summed E-state index contributed by atoms with van der Waals surface area (Å²) in [6.07, 6.45) is 1.89. The highest BCUT2D eigenvalue weighted by atomic mass is 16.5. The van der Waals surface area contributed by atoms with E-state index >= 15 is 0 Å². The van der Waals surface area contributed by atoms with Gasteiger partial charge in [0.2, 0.25) is 0 Å². The summed E-state index contributed by atoms with van der Waals surface area (Å²) in [4.78, 5) is 0. The van der Waals surface area contributed by atoms with Gasteiger partial charge in [-0.15, -0.1) is 0 Å². The fourth-order valence-electron chi connectivity index (χ4n) is 3.24. The number of ether oxygens (including phenoxy) is 1. The van der Waals surface area contributed by atoms with Crippen LogP contribution in [0.4, 0.5) is 11.4 Å². The molecule has 0 aliphatic carbocycles. The number of rotatable bonds is 3. The van der Waals surface area contributed by atoms with Crippen LogP contribution in [0.3, 0.4) is 0 Å². The molecule has 0 atom stereocenters. The van der Waals surface area contributed by atoms with Crippen LogP contribution in [0.1, 0.15) is 29.2 Å². The zero-order valence-corrected chi connectivity index (χ0v) is 14.1. The van der Waals surface area contributed by atoms with E-state index in [0.29, 0.717) is 0 Å². The highest BCUT2D eigenvalue weighted by molar-refractivity contribution is 5.72. The van der Waals surface area contributed by atoms with E-state index in [-0.39, 0.29) is 0 Å². The molecule has 3 aromatic carbocycles. The normalized spacial score (nSPS) is 12.1. The van der Waals surface area contributed by atoms with E-state index in [4.69, 9.17) is 4.74 Å². The SMILES string of the molecule is CCc1ccc2c(c1Nc1ccc(C)cc1)Cc1ccccc1O2. The molecule has 4 rings (SSSR count). The number of benzene rings is 3. The van der Waals surface area contributed by atoms with Crippen molar-refractivity contribution >= 4 is 11.4 Å². The molecule has 3 aromatic rings. The summed E-state index contributed by atoms with van der Waals surface area (Å²) in [7, 11) is 0. The Morgan fingerprint density at radius 1 is 0.917 bits per heavy atom. The first-order chi connectivity index (χ1) is 11.7. The molecule has 0 saturated heterocycles. The Morgan fingerprint density at radius 3 is 2.50 bits per heavy atom. The smallest absolute Gasteiger partial charge is 0.133 e. The Balaban J connectivity index is 1.77. The number of hydrogen-bond donors (Lipinski definition) is 1. The van der Waals surface area contributed by atoms with Gasteiger partial charge >= 0.3 is 0 Å². The lowest BCUT2D eigenvalue weighted by Gasteiger charge is -2.25. The zero-order valence-electron chi connectivity index (χ0n) is 14.1. The summed E-state index contributed by atoms with van der Waals surface area (Å²) in [5, 5.41) is 3.63. The molecular formula is C22H21NO. The van der Waals surface area contributed by atoms with Gasteiger partial charge in [-0.05, 0) is 48.7 Å². The third kappa shape index (κ3) is 2.65. The highest BCUT2D eigenvalue weighted by Gasteiger charge is 2.21. The molecular weight excluding hydrogens is 294 g/mol. The van der Waals surface area contributed by atoms with E-state index in [2.05, 4.69) is 67.7 Å². The first kappa shape index (κ1) is 14.8. The molecule has 0 radical (unpaired) electrons. The van der Waals surface area contributed by atoms with Crippen molar-refractivity contribution in [1.29, 1.82) is 0 Å². The molecule has 0 aromatic heterocycles. The third-order valence-electron chi connectivity index (χ3n) is 4.62. The standard InChI is InChI=1S/C22H21NO/c1-3-16-10-13-21-19(14-17-6-4-5-7-20(17)24-21)22(16)23-18-11-8-15(2)9-12-18/h4-13,23H,3,14H2,1-2H3. The Kier molecular flexibility index (Phi) is 3.73. The van der Waals surface area contributed by atoms with E-state index in [9.17, 15) is 0 Å². The van der Waals surface area contributed by atoms with E-state index < -0.39 is 0 Å². The lowest BCUT2D eigenvalue weighted by Crippen LogP contribution is -2.08. The first-order valence-corrected chi connectivity index (χ1v) is 8.49. The van der Waals surface area contributed by atoms with Crippen molar-refractivity contribution in [2.45, 2.75) is 26.7 Å². The van der Waals surface area contributed by atoms with Crippen molar-refractivity contribution in [2.24, 2.45) is 0 Å². The van der Waals surface area contributed by atoms with Crippen molar-refractivity contribution < 1.29 is 4.74 Å². The Hall–Kier alpha value is -2.74. The molecule has 120 valence electrons. The predicted octanol–water partition coefficient (Wildman–Crippen LogP) is 6.00. The van der Waals surface area contributed by atoms with E-state index in [1.165, 1.54) is 27.9 Å². The largest absolute Gasteiger partial charge is 0.457 e. The van der Waals surface area contributed by atoms with Gasteiger partial charge in [-0.3, -0.25) is 0 Å². The van der Waals surface area contributed by atoms with Gasteiger partial charge in [0.25, 0.3) is 0 Å². The second kappa shape index (κ2) is 6.04. The summed E-state index contributed by atoms with van der Waals surface area (Å²) in [5.74, 6) is 1.93. The average molecular weight is 315 g/mol. The minimum atomic E-state index is 0.896. The maximum Gasteiger partial charge on any atom is 0.133 e. The van der Waals surface area contributed by atoms with Gasteiger partial charge in [0.05, 0.1) is 0 Å². The second-order valence-corrected chi connectivity index (χ2v) is 6.31. The molecule has 0 bridgehead atoms. The van der Waals surface area contributed by atoms with E-state index in [1.807, 2.05) is 12.1 Å². The van der Waals surface area contributed by atoms with E-state index in [1.54, 1.807) is 0 Å². The van der Waals surface area contributed by atoms with Gasteiger partial charge in [0.15, 0.2) is 0 Å². The fraction of sp³-hybridized carbons (Fsp3) is 0.182. The third-order valence-corrected chi connectivity index (χ3v) is 4.62. The van der Waals surface area contributed by atoms with Gasteiger partial charge < -0.3 is 10.1 Å². The van der Waals surface area contributed by atoms with Crippen LogP contribution in [-0.2, 0) is 12.8 Å². The molecule has 0 unspecified atom stereocenters. The monoisotopic (exact) mass is 315 g/mol. The van der Waals surface area contributed by atoms with Crippen LogP contribution in [-0.4, -0.2) is 0 Å². The summed E-state index contributed by atoms with van der Waals surface area (Å²) in [6, 6.07) is 21.1. The molecule has 1 aliphatic heterocycles. The topological polar surface area (TPSA) is 21.3 Å². The predicted molar refractivity (Wildman–Crippen MR) is 99.6 cm³/mol. The lowest BCUT2D eigenvalue weighted by molar-refractivity contribution is 0.460. The Morgan fingerprint density at radius 2 is 1.71 bits per heavy atom. The van der Waals surface area contributed by atoms with Gasteiger partial charge in [0.1, 0.15) is 11.5 Å². The molecule has 0 spiro atoms. The van der Waals surface area contributed by atoms with Gasteiger partial charge in [-0.1, -0.05) is 48.9 Å². The maximum absolute atomic E-state index is 6.13. The van der Waals surface area contributed by atoms with Gasteiger partial charge in [0, 0.05) is 23.4 Å². The molecule has 0 fully saturated rings. The molecule has 1 heterocycles. The van der Waals surface area contributed by atoms with Crippen LogP contribution in [0.2, 0.25) is 0 Å². The number of anilines is 2.